The average molecular weight is 443 g/mol. The smallest absolute Gasteiger partial charge is 0.311 e. The Kier molecular flexibility index (Phi) is 5.06. The first-order valence-electron chi connectivity index (χ1n) is 9.23. The molecule has 10 heteroatoms. The molecule has 2 aromatic heterocycles. The minimum absolute atomic E-state index is 0.0422. The molecule has 0 saturated heterocycles. The molecule has 1 aliphatic rings. The number of nitrogens with one attached hydrogen (secondary N) is 1. The van der Waals surface area contributed by atoms with Crippen molar-refractivity contribution >= 4 is 29.0 Å². The van der Waals surface area contributed by atoms with E-state index in [1.165, 1.54) is 30.5 Å². The number of fused-ring (bicyclic) bond motifs is 2. The molecule has 1 unspecified atom stereocenters. The van der Waals surface area contributed by atoms with Gasteiger partial charge in [-0.2, -0.15) is 0 Å². The van der Waals surface area contributed by atoms with Crippen LogP contribution < -0.4 is 10.1 Å². The standard InChI is InChI=1S/C21H16ClFN4O4/c1-21(2,20(28)26-18-14(27(29)30)7-4-10-24-18)16-11-5-3-6-13(23)17(11)31-19-12(16)8-9-15(22)25-19/h3-10,16H,1-2H3,(H,24,26,28). The number of aromatic nitrogens is 2. The minimum atomic E-state index is -1.21. The Hall–Kier alpha value is -3.59. The summed E-state index contributed by atoms with van der Waals surface area (Å²) in [5.74, 6) is -1.94. The Bertz CT molecular complexity index is 1220. The molecule has 31 heavy (non-hydrogen) atoms. The number of nitrogens with zero attached hydrogens (tertiary/aromatic N) is 3. The Morgan fingerprint density at radius 2 is 2.00 bits per heavy atom. The average Bonchev–Trinajstić information content (AvgIpc) is 2.72. The van der Waals surface area contributed by atoms with E-state index in [0.29, 0.717) is 11.1 Å². The fourth-order valence-electron chi connectivity index (χ4n) is 3.67. The molecular weight excluding hydrogens is 427 g/mol. The number of nitro groups is 1. The van der Waals surface area contributed by atoms with Crippen molar-refractivity contribution < 1.29 is 18.8 Å². The highest BCUT2D eigenvalue weighted by molar-refractivity contribution is 6.29. The zero-order valence-electron chi connectivity index (χ0n) is 16.4. The summed E-state index contributed by atoms with van der Waals surface area (Å²) in [6, 6.07) is 10.3. The highest BCUT2D eigenvalue weighted by Gasteiger charge is 2.45. The van der Waals surface area contributed by atoms with E-state index in [0.717, 1.165) is 0 Å². The second-order valence-corrected chi connectivity index (χ2v) is 7.91. The molecule has 0 aliphatic carbocycles. The van der Waals surface area contributed by atoms with Crippen molar-refractivity contribution in [1.29, 1.82) is 0 Å². The van der Waals surface area contributed by atoms with Gasteiger partial charge in [-0.1, -0.05) is 37.6 Å². The summed E-state index contributed by atoms with van der Waals surface area (Å²) >= 11 is 5.99. The molecule has 3 aromatic rings. The van der Waals surface area contributed by atoms with Gasteiger partial charge in [-0.05, 0) is 24.3 Å². The van der Waals surface area contributed by atoms with E-state index in [1.807, 2.05) is 0 Å². The number of pyridine rings is 2. The summed E-state index contributed by atoms with van der Waals surface area (Å²) in [6.45, 7) is 3.31. The van der Waals surface area contributed by atoms with E-state index in [-0.39, 0.29) is 28.3 Å². The van der Waals surface area contributed by atoms with Crippen LogP contribution in [0.1, 0.15) is 30.9 Å². The number of hydrogen-bond donors (Lipinski definition) is 1. The predicted octanol–water partition coefficient (Wildman–Crippen LogP) is 5.08. The van der Waals surface area contributed by atoms with Crippen molar-refractivity contribution in [3.05, 3.63) is 80.9 Å². The highest BCUT2D eigenvalue weighted by atomic mass is 35.5. The third kappa shape index (κ3) is 3.57. The van der Waals surface area contributed by atoms with Crippen LogP contribution in [0.3, 0.4) is 0 Å². The van der Waals surface area contributed by atoms with Crippen LogP contribution in [-0.2, 0) is 4.79 Å². The SMILES string of the molecule is CC(C)(C(=O)Nc1ncccc1[N+](=O)[O-])C1c2ccc(Cl)nc2Oc2c(F)cccc21. The summed E-state index contributed by atoms with van der Waals surface area (Å²) < 4.78 is 20.2. The van der Waals surface area contributed by atoms with Crippen LogP contribution in [0.25, 0.3) is 0 Å². The second-order valence-electron chi connectivity index (χ2n) is 7.53. The summed E-state index contributed by atoms with van der Waals surface area (Å²) in [5.41, 5.74) is -0.550. The van der Waals surface area contributed by atoms with Crippen LogP contribution in [0.4, 0.5) is 15.9 Å². The Morgan fingerprint density at radius 3 is 2.74 bits per heavy atom. The molecule has 1 aliphatic heterocycles. The van der Waals surface area contributed by atoms with E-state index < -0.39 is 28.0 Å². The summed E-state index contributed by atoms with van der Waals surface area (Å²) in [6.07, 6.45) is 1.34. The number of ether oxygens (including phenoxy) is 1. The van der Waals surface area contributed by atoms with Crippen molar-refractivity contribution in [3.8, 4) is 11.6 Å². The fourth-order valence-corrected chi connectivity index (χ4v) is 3.81. The van der Waals surface area contributed by atoms with Gasteiger partial charge in [-0.15, -0.1) is 0 Å². The van der Waals surface area contributed by atoms with Crippen LogP contribution in [-0.4, -0.2) is 20.8 Å². The number of halogens is 2. The van der Waals surface area contributed by atoms with E-state index in [4.69, 9.17) is 16.3 Å². The van der Waals surface area contributed by atoms with Gasteiger partial charge < -0.3 is 10.1 Å². The molecule has 0 bridgehead atoms. The number of carbonyl (C=O) groups is 1. The first-order chi connectivity index (χ1) is 14.7. The molecule has 1 amide bonds. The second kappa shape index (κ2) is 7.59. The minimum Gasteiger partial charge on any atom is -0.435 e. The third-order valence-corrected chi connectivity index (χ3v) is 5.41. The van der Waals surface area contributed by atoms with Gasteiger partial charge in [0.25, 0.3) is 0 Å². The zero-order chi connectivity index (χ0) is 22.3. The molecule has 0 spiro atoms. The lowest BCUT2D eigenvalue weighted by Crippen LogP contribution is -2.38. The fraction of sp³-hybridized carbons (Fsp3) is 0.190. The molecule has 1 atom stereocenters. The number of amides is 1. The molecule has 8 nitrogen and oxygen atoms in total. The van der Waals surface area contributed by atoms with Crippen molar-refractivity contribution in [3.63, 3.8) is 0 Å². The van der Waals surface area contributed by atoms with Gasteiger partial charge in [0.2, 0.25) is 17.6 Å². The van der Waals surface area contributed by atoms with Crippen molar-refractivity contribution in [2.24, 2.45) is 5.41 Å². The van der Waals surface area contributed by atoms with Crippen LogP contribution in [0, 0.1) is 21.3 Å². The number of benzene rings is 1. The molecule has 0 fully saturated rings. The maximum Gasteiger partial charge on any atom is 0.311 e. The maximum atomic E-state index is 14.5. The van der Waals surface area contributed by atoms with Crippen molar-refractivity contribution in [2.75, 3.05) is 5.32 Å². The zero-order valence-corrected chi connectivity index (χ0v) is 17.2. The Balaban J connectivity index is 1.80. The van der Waals surface area contributed by atoms with Gasteiger partial charge >= 0.3 is 5.69 Å². The van der Waals surface area contributed by atoms with Crippen LogP contribution >= 0.6 is 11.6 Å². The quantitative estimate of drug-likeness (QED) is 0.343. The highest BCUT2D eigenvalue weighted by Crippen LogP contribution is 2.52. The predicted molar refractivity (Wildman–Crippen MR) is 111 cm³/mol. The first-order valence-corrected chi connectivity index (χ1v) is 9.61. The van der Waals surface area contributed by atoms with E-state index in [1.54, 1.807) is 32.0 Å². The summed E-state index contributed by atoms with van der Waals surface area (Å²) in [4.78, 5) is 32.0. The van der Waals surface area contributed by atoms with Gasteiger partial charge in [0.1, 0.15) is 5.15 Å². The Labute approximate surface area is 181 Å². The lowest BCUT2D eigenvalue weighted by molar-refractivity contribution is -0.384. The third-order valence-electron chi connectivity index (χ3n) is 5.20. The van der Waals surface area contributed by atoms with Crippen LogP contribution in [0.15, 0.2) is 48.7 Å². The first kappa shape index (κ1) is 20.7. The molecule has 1 N–H and O–H groups in total. The van der Waals surface area contributed by atoms with Gasteiger partial charge in [0.05, 0.1) is 10.3 Å². The lowest BCUT2D eigenvalue weighted by atomic mass is 9.69. The molecule has 1 aromatic carbocycles. The molecular formula is C21H16ClFN4O4. The van der Waals surface area contributed by atoms with Gasteiger partial charge in [-0.3, -0.25) is 14.9 Å². The Morgan fingerprint density at radius 1 is 1.23 bits per heavy atom. The number of hydrogen-bond acceptors (Lipinski definition) is 6. The maximum absolute atomic E-state index is 14.5. The van der Waals surface area contributed by atoms with E-state index in [9.17, 15) is 19.3 Å². The summed E-state index contributed by atoms with van der Waals surface area (Å²) in [5, 5.41) is 14.0. The lowest BCUT2D eigenvalue weighted by Gasteiger charge is -2.37. The van der Waals surface area contributed by atoms with Gasteiger partial charge in [-0.25, -0.2) is 14.4 Å². The van der Waals surface area contributed by atoms with Gasteiger partial charge in [0, 0.05) is 29.3 Å². The molecule has 4 rings (SSSR count). The van der Waals surface area contributed by atoms with E-state index >= 15 is 0 Å². The molecule has 3 heterocycles. The summed E-state index contributed by atoms with van der Waals surface area (Å²) in [7, 11) is 0. The van der Waals surface area contributed by atoms with E-state index in [2.05, 4.69) is 15.3 Å². The number of carbonyl (C=O) groups excluding carboxylic acids is 1. The van der Waals surface area contributed by atoms with Gasteiger partial charge in [0.15, 0.2) is 11.6 Å². The number of rotatable bonds is 4. The number of para-hydroxylation sites is 1. The van der Waals surface area contributed by atoms with Crippen LogP contribution in [0.5, 0.6) is 11.6 Å². The monoisotopic (exact) mass is 442 g/mol. The normalized spacial score (nSPS) is 14.8. The van der Waals surface area contributed by atoms with Crippen molar-refractivity contribution in [2.45, 2.75) is 19.8 Å². The topological polar surface area (TPSA) is 107 Å². The largest absolute Gasteiger partial charge is 0.435 e. The molecule has 0 saturated carbocycles. The van der Waals surface area contributed by atoms with Crippen LogP contribution in [0.2, 0.25) is 5.15 Å². The number of anilines is 1. The molecule has 0 radical (unpaired) electrons. The molecule has 158 valence electrons. The van der Waals surface area contributed by atoms with Crippen molar-refractivity contribution in [1.82, 2.24) is 9.97 Å².